The molecule has 1 aromatic rings. The Labute approximate surface area is 106 Å². The molecule has 0 aromatic heterocycles. The maximum Gasteiger partial charge on any atom is 0.573 e. The molecule has 0 spiro atoms. The van der Waals surface area contributed by atoms with Crippen molar-refractivity contribution in [2.75, 3.05) is 0 Å². The van der Waals surface area contributed by atoms with E-state index in [4.69, 9.17) is 5.11 Å². The van der Waals surface area contributed by atoms with Gasteiger partial charge in [-0.05, 0) is 31.2 Å². The SMILES string of the molecule is CC(NC(=O)c1ccc(OC(F)(F)F)cc1)C(=O)O. The van der Waals surface area contributed by atoms with Gasteiger partial charge in [-0.1, -0.05) is 0 Å². The van der Waals surface area contributed by atoms with Gasteiger partial charge in [-0.3, -0.25) is 9.59 Å². The molecule has 19 heavy (non-hydrogen) atoms. The number of carbonyl (C=O) groups excluding carboxylic acids is 1. The van der Waals surface area contributed by atoms with Crippen molar-refractivity contribution in [3.05, 3.63) is 29.8 Å². The van der Waals surface area contributed by atoms with Gasteiger partial charge in [0.1, 0.15) is 11.8 Å². The van der Waals surface area contributed by atoms with E-state index in [0.29, 0.717) is 0 Å². The Hall–Kier alpha value is -2.25. The first-order valence-corrected chi connectivity index (χ1v) is 5.08. The first kappa shape index (κ1) is 14.8. The zero-order valence-electron chi connectivity index (χ0n) is 9.69. The lowest BCUT2D eigenvalue weighted by Crippen LogP contribution is -2.38. The van der Waals surface area contributed by atoms with Crippen LogP contribution in [0.4, 0.5) is 13.2 Å². The smallest absolute Gasteiger partial charge is 0.480 e. The Kier molecular flexibility index (Phi) is 4.36. The Balaban J connectivity index is 2.71. The highest BCUT2D eigenvalue weighted by molar-refractivity contribution is 5.96. The van der Waals surface area contributed by atoms with E-state index >= 15 is 0 Å². The number of rotatable bonds is 4. The third kappa shape index (κ3) is 4.86. The number of halogens is 3. The minimum atomic E-state index is -4.80. The quantitative estimate of drug-likeness (QED) is 0.879. The number of alkyl halides is 3. The molecule has 1 rings (SSSR count). The summed E-state index contributed by atoms with van der Waals surface area (Å²) in [6.07, 6.45) is -4.80. The van der Waals surface area contributed by atoms with Gasteiger partial charge in [0.05, 0.1) is 0 Å². The van der Waals surface area contributed by atoms with E-state index in [1.807, 2.05) is 0 Å². The topological polar surface area (TPSA) is 75.6 Å². The van der Waals surface area contributed by atoms with Crippen LogP contribution in [0.15, 0.2) is 24.3 Å². The molecule has 0 radical (unpaired) electrons. The predicted molar refractivity (Wildman–Crippen MR) is 57.7 cm³/mol. The van der Waals surface area contributed by atoms with Crippen LogP contribution < -0.4 is 10.1 Å². The summed E-state index contributed by atoms with van der Waals surface area (Å²) in [5.41, 5.74) is 0.0302. The second-order valence-corrected chi connectivity index (χ2v) is 3.61. The van der Waals surface area contributed by atoms with Gasteiger partial charge in [0.2, 0.25) is 0 Å². The van der Waals surface area contributed by atoms with Crippen molar-refractivity contribution in [3.63, 3.8) is 0 Å². The molecule has 0 heterocycles. The van der Waals surface area contributed by atoms with Gasteiger partial charge in [-0.15, -0.1) is 13.2 Å². The molecular formula is C11H10F3NO4. The van der Waals surface area contributed by atoms with Gasteiger partial charge >= 0.3 is 12.3 Å². The zero-order chi connectivity index (χ0) is 14.6. The highest BCUT2D eigenvalue weighted by atomic mass is 19.4. The number of hydrogen-bond donors (Lipinski definition) is 2. The lowest BCUT2D eigenvalue weighted by Gasteiger charge is -2.11. The van der Waals surface area contributed by atoms with Crippen molar-refractivity contribution in [2.24, 2.45) is 0 Å². The number of aliphatic carboxylic acids is 1. The predicted octanol–water partition coefficient (Wildman–Crippen LogP) is 1.79. The van der Waals surface area contributed by atoms with Gasteiger partial charge < -0.3 is 15.2 Å². The van der Waals surface area contributed by atoms with Crippen LogP contribution in [0.1, 0.15) is 17.3 Å². The summed E-state index contributed by atoms with van der Waals surface area (Å²) in [4.78, 5) is 22.0. The molecule has 1 amide bonds. The van der Waals surface area contributed by atoms with Gasteiger partial charge in [0.25, 0.3) is 5.91 Å². The molecule has 0 aliphatic rings. The minimum Gasteiger partial charge on any atom is -0.480 e. The molecular weight excluding hydrogens is 267 g/mol. The van der Waals surface area contributed by atoms with E-state index in [1.165, 1.54) is 6.92 Å². The average Bonchev–Trinajstić information content (AvgIpc) is 2.27. The lowest BCUT2D eigenvalue weighted by atomic mass is 10.2. The zero-order valence-corrected chi connectivity index (χ0v) is 9.69. The molecule has 1 unspecified atom stereocenters. The molecule has 0 saturated heterocycles. The Morgan fingerprint density at radius 1 is 1.26 bits per heavy atom. The Bertz CT molecular complexity index is 470. The minimum absolute atomic E-state index is 0.0302. The summed E-state index contributed by atoms with van der Waals surface area (Å²) < 4.78 is 39.3. The second-order valence-electron chi connectivity index (χ2n) is 3.61. The standard InChI is InChI=1S/C11H10F3NO4/c1-6(10(17)18)15-9(16)7-2-4-8(5-3-7)19-11(12,13)14/h2-6H,1H3,(H,15,16)(H,17,18). The van der Waals surface area contributed by atoms with Crippen LogP contribution in [0.2, 0.25) is 0 Å². The molecule has 8 heteroatoms. The van der Waals surface area contributed by atoms with Crippen molar-refractivity contribution >= 4 is 11.9 Å². The summed E-state index contributed by atoms with van der Waals surface area (Å²) >= 11 is 0. The molecule has 1 aromatic carbocycles. The third-order valence-corrected chi connectivity index (χ3v) is 2.07. The number of nitrogens with one attached hydrogen (secondary N) is 1. The van der Waals surface area contributed by atoms with Crippen LogP contribution in [-0.2, 0) is 4.79 Å². The summed E-state index contributed by atoms with van der Waals surface area (Å²) in [5, 5.41) is 10.8. The molecule has 5 nitrogen and oxygen atoms in total. The molecule has 104 valence electrons. The van der Waals surface area contributed by atoms with E-state index in [-0.39, 0.29) is 5.56 Å². The summed E-state index contributed by atoms with van der Waals surface area (Å²) in [6.45, 7) is 1.27. The normalized spacial score (nSPS) is 12.6. The summed E-state index contributed by atoms with van der Waals surface area (Å²) in [5.74, 6) is -2.38. The molecule has 0 fully saturated rings. The van der Waals surface area contributed by atoms with Crippen LogP contribution in [0, 0.1) is 0 Å². The largest absolute Gasteiger partial charge is 0.573 e. The molecule has 1 atom stereocenters. The van der Waals surface area contributed by atoms with Crippen LogP contribution in [0.5, 0.6) is 5.75 Å². The van der Waals surface area contributed by atoms with Crippen LogP contribution in [0.25, 0.3) is 0 Å². The van der Waals surface area contributed by atoms with Gasteiger partial charge in [0.15, 0.2) is 0 Å². The number of carboxylic acid groups (broad SMARTS) is 1. The van der Waals surface area contributed by atoms with E-state index in [1.54, 1.807) is 0 Å². The number of benzene rings is 1. The van der Waals surface area contributed by atoms with E-state index in [9.17, 15) is 22.8 Å². The fourth-order valence-electron chi connectivity index (χ4n) is 1.15. The first-order chi connectivity index (χ1) is 8.69. The van der Waals surface area contributed by atoms with Gasteiger partial charge in [-0.25, -0.2) is 0 Å². The lowest BCUT2D eigenvalue weighted by molar-refractivity contribution is -0.274. The number of carbonyl (C=O) groups is 2. The van der Waals surface area contributed by atoms with Gasteiger partial charge in [-0.2, -0.15) is 0 Å². The molecule has 0 bridgehead atoms. The highest BCUT2D eigenvalue weighted by Crippen LogP contribution is 2.22. The van der Waals surface area contributed by atoms with Crippen LogP contribution in [-0.4, -0.2) is 29.4 Å². The monoisotopic (exact) mass is 277 g/mol. The number of amides is 1. The van der Waals surface area contributed by atoms with Crippen LogP contribution in [0.3, 0.4) is 0 Å². The first-order valence-electron chi connectivity index (χ1n) is 5.08. The van der Waals surface area contributed by atoms with Crippen molar-refractivity contribution in [2.45, 2.75) is 19.3 Å². The fourth-order valence-corrected chi connectivity index (χ4v) is 1.15. The molecule has 0 aliphatic heterocycles. The van der Waals surface area contributed by atoms with Crippen molar-refractivity contribution < 1.29 is 32.6 Å². The second kappa shape index (κ2) is 5.59. The number of carboxylic acids is 1. The average molecular weight is 277 g/mol. The fraction of sp³-hybridized carbons (Fsp3) is 0.273. The third-order valence-electron chi connectivity index (χ3n) is 2.07. The Morgan fingerprint density at radius 2 is 1.79 bits per heavy atom. The Morgan fingerprint density at radius 3 is 2.21 bits per heavy atom. The van der Waals surface area contributed by atoms with Crippen molar-refractivity contribution in [1.29, 1.82) is 0 Å². The maximum atomic E-state index is 11.9. The van der Waals surface area contributed by atoms with E-state index in [0.717, 1.165) is 24.3 Å². The highest BCUT2D eigenvalue weighted by Gasteiger charge is 2.31. The van der Waals surface area contributed by atoms with Gasteiger partial charge in [0, 0.05) is 5.56 Å². The maximum absolute atomic E-state index is 11.9. The summed E-state index contributed by atoms with van der Waals surface area (Å²) in [7, 11) is 0. The van der Waals surface area contributed by atoms with Crippen molar-refractivity contribution in [1.82, 2.24) is 5.32 Å². The van der Waals surface area contributed by atoms with E-state index < -0.39 is 30.0 Å². The van der Waals surface area contributed by atoms with E-state index in [2.05, 4.69) is 10.1 Å². The molecule has 0 saturated carbocycles. The van der Waals surface area contributed by atoms with Crippen molar-refractivity contribution in [3.8, 4) is 5.75 Å². The van der Waals surface area contributed by atoms with Crippen LogP contribution >= 0.6 is 0 Å². The molecule has 2 N–H and O–H groups in total. The molecule has 0 aliphatic carbocycles. The number of ether oxygens (including phenoxy) is 1. The number of hydrogen-bond acceptors (Lipinski definition) is 3. The summed E-state index contributed by atoms with van der Waals surface area (Å²) in [6, 6.07) is 3.04.